The Morgan fingerprint density at radius 2 is 1.66 bits per heavy atom. The minimum Gasteiger partial charge on any atom is -0.401 e. The van der Waals surface area contributed by atoms with Crippen molar-refractivity contribution in [2.75, 3.05) is 0 Å². The summed E-state index contributed by atoms with van der Waals surface area (Å²) < 4.78 is 81.4. The van der Waals surface area contributed by atoms with Gasteiger partial charge >= 0.3 is 16.6 Å². The van der Waals surface area contributed by atoms with E-state index in [9.17, 15) is 26.2 Å². The van der Waals surface area contributed by atoms with E-state index in [4.69, 9.17) is 11.5 Å². The molecule has 1 aromatic rings. The lowest BCUT2D eigenvalue weighted by Crippen LogP contribution is -2.21. The molecule has 0 spiro atoms. The third-order valence-corrected chi connectivity index (χ3v) is 5.19. The summed E-state index contributed by atoms with van der Waals surface area (Å²) in [7, 11) is 0. The number of nitrogens with zero attached hydrogens (tertiary/aromatic N) is 1. The molecule has 2 unspecified atom stereocenters. The molecular formula is C27H42F5N3O2S. The van der Waals surface area contributed by atoms with Gasteiger partial charge in [-0.2, -0.15) is 13.2 Å². The van der Waals surface area contributed by atoms with E-state index >= 15 is 0 Å². The van der Waals surface area contributed by atoms with E-state index in [1.54, 1.807) is 13.8 Å². The Balaban J connectivity index is 0. The average Bonchev–Trinajstić information content (AvgIpc) is 2.83. The van der Waals surface area contributed by atoms with Gasteiger partial charge in [0.2, 0.25) is 5.88 Å². The van der Waals surface area contributed by atoms with Gasteiger partial charge in [-0.3, -0.25) is 0 Å². The highest BCUT2D eigenvalue weighted by atomic mass is 32.2. The fourth-order valence-corrected chi connectivity index (χ4v) is 3.34. The summed E-state index contributed by atoms with van der Waals surface area (Å²) in [5.74, 6) is -2.63. The molecule has 0 aliphatic carbocycles. The Bertz CT molecular complexity index is 999. The topological polar surface area (TPSA) is 91.2 Å². The van der Waals surface area contributed by atoms with Crippen LogP contribution in [0.15, 0.2) is 64.5 Å². The first-order chi connectivity index (χ1) is 17.7. The maximum atomic E-state index is 14.3. The van der Waals surface area contributed by atoms with Gasteiger partial charge in [0.05, 0.1) is 11.3 Å². The summed E-state index contributed by atoms with van der Waals surface area (Å²) in [6, 6.07) is 4.08. The molecule has 0 amide bonds. The molecule has 0 aromatic carbocycles. The van der Waals surface area contributed by atoms with Crippen LogP contribution in [0.25, 0.3) is 0 Å². The predicted molar refractivity (Wildman–Crippen MR) is 146 cm³/mol. The quantitative estimate of drug-likeness (QED) is 0.218. The minimum absolute atomic E-state index is 0.168. The number of alkyl halides is 3. The summed E-state index contributed by atoms with van der Waals surface area (Å²) in [4.78, 5) is 4.02. The Labute approximate surface area is 226 Å². The molecule has 0 aliphatic heterocycles. The van der Waals surface area contributed by atoms with Crippen molar-refractivity contribution in [1.82, 2.24) is 4.98 Å². The summed E-state index contributed by atoms with van der Waals surface area (Å²) >= 11 is -3.57. The lowest BCUT2D eigenvalue weighted by atomic mass is 9.92. The summed E-state index contributed by atoms with van der Waals surface area (Å²) in [5, 5.41) is 0. The number of allylic oxidation sites excluding steroid dienone is 6. The summed E-state index contributed by atoms with van der Waals surface area (Å²) in [5.41, 5.74) is 7.59. The zero-order valence-corrected chi connectivity index (χ0v) is 24.3. The SMILES string of the molecule is CC.CCC.CC\C=C(F)/C(C(/N)=C/C(C)=C(\N)C(CCC)c1cccc(OS(=O)C(F)(F)F)n1)=C(\C)F. The Morgan fingerprint density at radius 1 is 1.11 bits per heavy atom. The van der Waals surface area contributed by atoms with E-state index in [-0.39, 0.29) is 22.7 Å². The Kier molecular flexibility index (Phi) is 19.1. The molecule has 1 heterocycles. The van der Waals surface area contributed by atoms with E-state index in [1.165, 1.54) is 30.7 Å². The molecule has 2 atom stereocenters. The first-order valence-corrected chi connectivity index (χ1v) is 13.6. The fraction of sp³-hybridized carbons (Fsp3) is 0.519. The summed E-state index contributed by atoms with van der Waals surface area (Å²) in [6.45, 7) is 14.5. The summed E-state index contributed by atoms with van der Waals surface area (Å²) in [6.07, 6.45) is 5.22. The smallest absolute Gasteiger partial charge is 0.401 e. The van der Waals surface area contributed by atoms with Crippen LogP contribution in [0.2, 0.25) is 0 Å². The molecule has 1 rings (SSSR count). The first-order valence-electron chi connectivity index (χ1n) is 12.5. The van der Waals surface area contributed by atoms with Gasteiger partial charge in [0.25, 0.3) is 0 Å². The number of hydrogen-bond acceptors (Lipinski definition) is 5. The second-order valence-corrected chi connectivity index (χ2v) is 8.92. The van der Waals surface area contributed by atoms with Crippen LogP contribution in [0.4, 0.5) is 22.0 Å². The zero-order chi connectivity index (χ0) is 30.1. The molecule has 0 fully saturated rings. The predicted octanol–water partition coefficient (Wildman–Crippen LogP) is 8.55. The molecule has 0 radical (unpaired) electrons. The van der Waals surface area contributed by atoms with Crippen molar-refractivity contribution in [3.8, 4) is 5.88 Å². The molecule has 0 saturated heterocycles. The third-order valence-electron chi connectivity index (χ3n) is 4.49. The number of pyridine rings is 1. The van der Waals surface area contributed by atoms with Gasteiger partial charge in [-0.15, -0.1) is 0 Å². The van der Waals surface area contributed by atoms with Crippen molar-refractivity contribution in [3.63, 3.8) is 0 Å². The minimum atomic E-state index is -5.06. The van der Waals surface area contributed by atoms with Gasteiger partial charge in [0, 0.05) is 23.4 Å². The van der Waals surface area contributed by atoms with Crippen molar-refractivity contribution in [2.45, 2.75) is 92.5 Å². The number of halogens is 5. The van der Waals surface area contributed by atoms with Gasteiger partial charge < -0.3 is 15.7 Å². The highest BCUT2D eigenvalue weighted by molar-refractivity contribution is 7.81. The third kappa shape index (κ3) is 13.2. The highest BCUT2D eigenvalue weighted by Crippen LogP contribution is 2.31. The average molecular weight is 568 g/mol. The zero-order valence-electron chi connectivity index (χ0n) is 23.5. The molecule has 4 N–H and O–H groups in total. The van der Waals surface area contributed by atoms with Gasteiger partial charge in [0.15, 0.2) is 0 Å². The first kappa shape index (κ1) is 37.5. The monoisotopic (exact) mass is 567 g/mol. The van der Waals surface area contributed by atoms with Gasteiger partial charge in [0.1, 0.15) is 11.7 Å². The van der Waals surface area contributed by atoms with Crippen molar-refractivity contribution < 1.29 is 30.3 Å². The van der Waals surface area contributed by atoms with E-state index in [2.05, 4.69) is 23.0 Å². The van der Waals surface area contributed by atoms with Gasteiger partial charge in [-0.1, -0.05) is 60.5 Å². The van der Waals surface area contributed by atoms with E-state index in [0.717, 1.165) is 13.0 Å². The van der Waals surface area contributed by atoms with Crippen LogP contribution in [0, 0.1) is 0 Å². The van der Waals surface area contributed by atoms with E-state index < -0.39 is 40.0 Å². The molecule has 38 heavy (non-hydrogen) atoms. The maximum absolute atomic E-state index is 14.3. The fourth-order valence-electron chi connectivity index (χ4n) is 2.99. The van der Waals surface area contributed by atoms with Crippen LogP contribution in [0.1, 0.15) is 92.7 Å². The molecule has 11 heteroatoms. The van der Waals surface area contributed by atoms with Crippen molar-refractivity contribution >= 4 is 11.1 Å². The van der Waals surface area contributed by atoms with Gasteiger partial charge in [-0.25, -0.2) is 18.0 Å². The number of rotatable bonds is 10. The maximum Gasteiger partial charge on any atom is 0.508 e. The molecule has 0 saturated carbocycles. The van der Waals surface area contributed by atoms with Crippen molar-refractivity contribution in [3.05, 3.63) is 70.2 Å². The van der Waals surface area contributed by atoms with E-state index in [1.807, 2.05) is 20.8 Å². The van der Waals surface area contributed by atoms with Gasteiger partial charge in [-0.05, 0) is 50.5 Å². The second kappa shape index (κ2) is 19.4. The lowest BCUT2D eigenvalue weighted by Gasteiger charge is -2.19. The number of nitrogens with two attached hydrogens (primary N) is 2. The number of hydrogen-bond donors (Lipinski definition) is 2. The molecular weight excluding hydrogens is 525 g/mol. The van der Waals surface area contributed by atoms with E-state index in [0.29, 0.717) is 24.8 Å². The largest absolute Gasteiger partial charge is 0.508 e. The Morgan fingerprint density at radius 3 is 2.11 bits per heavy atom. The van der Waals surface area contributed by atoms with Crippen LogP contribution in [-0.2, 0) is 11.1 Å². The van der Waals surface area contributed by atoms with Crippen LogP contribution in [0.3, 0.4) is 0 Å². The molecule has 5 nitrogen and oxygen atoms in total. The van der Waals surface area contributed by atoms with Crippen molar-refractivity contribution in [2.24, 2.45) is 11.5 Å². The highest BCUT2D eigenvalue weighted by Gasteiger charge is 2.40. The van der Waals surface area contributed by atoms with Crippen LogP contribution < -0.4 is 15.7 Å². The normalized spacial score (nSPS) is 15.1. The number of aromatic nitrogens is 1. The molecule has 0 aliphatic rings. The lowest BCUT2D eigenvalue weighted by molar-refractivity contribution is -0.0438. The molecule has 218 valence electrons. The van der Waals surface area contributed by atoms with Crippen LogP contribution in [0.5, 0.6) is 5.88 Å². The van der Waals surface area contributed by atoms with Crippen LogP contribution in [-0.4, -0.2) is 14.7 Å². The second-order valence-electron chi connectivity index (χ2n) is 7.82. The standard InChI is InChI=1S/C22H28F5N3O2S.C3H8.C2H6/c1-5-8-15(18-10-7-11-19(30-18)32-33(31)22(25,26)27)21(29)13(3)12-17(28)20(14(4)23)16(24)9-6-2;1-3-2;1-2/h7,9-12,15H,5-6,8,28-29H2,1-4H3;3H2,1-2H3;1-2H3/b16-9+,17-12-,20-14-,21-13-;;. The van der Waals surface area contributed by atoms with Crippen molar-refractivity contribution in [1.29, 1.82) is 0 Å². The Hall–Kier alpha value is -2.69. The molecule has 0 bridgehead atoms. The van der Waals surface area contributed by atoms with Crippen LogP contribution >= 0.6 is 0 Å². The molecule has 1 aromatic heterocycles.